The lowest BCUT2D eigenvalue weighted by Crippen LogP contribution is -2.33. The minimum atomic E-state index is -0.969. The number of ketones is 1. The van der Waals surface area contributed by atoms with E-state index in [0.29, 0.717) is 37.9 Å². The second-order valence-electron chi connectivity index (χ2n) is 6.64. The van der Waals surface area contributed by atoms with E-state index in [1.807, 2.05) is 19.1 Å². The Morgan fingerprint density at radius 3 is 2.43 bits per heavy atom. The van der Waals surface area contributed by atoms with Crippen molar-refractivity contribution >= 4 is 11.5 Å². The van der Waals surface area contributed by atoms with Gasteiger partial charge in [0.05, 0.1) is 23.2 Å². The summed E-state index contributed by atoms with van der Waals surface area (Å²) in [5, 5.41) is 20.6. The third kappa shape index (κ3) is 2.94. The van der Waals surface area contributed by atoms with Gasteiger partial charge in [0, 0.05) is 25.9 Å². The van der Waals surface area contributed by atoms with Crippen LogP contribution in [0.5, 0.6) is 0 Å². The molecule has 1 unspecified atom stereocenters. The summed E-state index contributed by atoms with van der Waals surface area (Å²) in [6, 6.07) is 3.79. The van der Waals surface area contributed by atoms with Crippen LogP contribution >= 0.6 is 0 Å². The van der Waals surface area contributed by atoms with E-state index in [-0.39, 0.29) is 5.78 Å². The van der Waals surface area contributed by atoms with Crippen molar-refractivity contribution in [2.45, 2.75) is 50.2 Å². The number of β-amino-alcohol motifs (C(OH)–C–C–N with tert-alkyl or cyclic N) is 1. The zero-order valence-electron chi connectivity index (χ0n) is 12.4. The first-order valence-electron chi connectivity index (χ1n) is 7.56. The van der Waals surface area contributed by atoms with Gasteiger partial charge in [-0.05, 0) is 38.3 Å². The number of hydrogen-bond acceptors (Lipinski definition) is 5. The van der Waals surface area contributed by atoms with Crippen LogP contribution in [0.25, 0.3) is 0 Å². The number of carbonyl (C=O) groups is 1. The molecule has 5 nitrogen and oxygen atoms in total. The van der Waals surface area contributed by atoms with Gasteiger partial charge in [-0.1, -0.05) is 0 Å². The van der Waals surface area contributed by atoms with E-state index in [1.165, 1.54) is 0 Å². The summed E-state index contributed by atoms with van der Waals surface area (Å²) >= 11 is 0. The molecule has 1 saturated heterocycles. The van der Waals surface area contributed by atoms with E-state index in [9.17, 15) is 15.0 Å². The average molecular weight is 290 g/mol. The summed E-state index contributed by atoms with van der Waals surface area (Å²) in [6.07, 6.45) is 4.27. The molecular formula is C16H22N2O3. The Bertz CT molecular complexity index is 529. The van der Waals surface area contributed by atoms with E-state index in [2.05, 4.69) is 9.88 Å². The molecule has 1 aliphatic carbocycles. The van der Waals surface area contributed by atoms with Crippen LogP contribution in [-0.4, -0.2) is 39.7 Å². The van der Waals surface area contributed by atoms with Gasteiger partial charge >= 0.3 is 0 Å². The van der Waals surface area contributed by atoms with Gasteiger partial charge in [-0.2, -0.15) is 0 Å². The molecule has 0 amide bonds. The largest absolute Gasteiger partial charge is 0.388 e. The highest BCUT2D eigenvalue weighted by atomic mass is 16.3. The number of anilines is 1. The number of nitrogens with zero attached hydrogens (tertiary/aromatic N) is 2. The van der Waals surface area contributed by atoms with E-state index in [4.69, 9.17) is 0 Å². The van der Waals surface area contributed by atoms with Crippen molar-refractivity contribution in [1.29, 1.82) is 0 Å². The average Bonchev–Trinajstić information content (AvgIpc) is 2.83. The molecule has 3 rings (SSSR count). The first-order valence-corrected chi connectivity index (χ1v) is 7.56. The molecule has 0 aromatic carbocycles. The minimum Gasteiger partial charge on any atom is -0.388 e. The number of carbonyl (C=O) groups excluding carboxylic acids is 1. The van der Waals surface area contributed by atoms with Gasteiger partial charge in [0.15, 0.2) is 0 Å². The van der Waals surface area contributed by atoms with Crippen LogP contribution in [-0.2, 0) is 10.4 Å². The van der Waals surface area contributed by atoms with Gasteiger partial charge in [-0.3, -0.25) is 9.78 Å². The fourth-order valence-electron chi connectivity index (χ4n) is 3.21. The monoisotopic (exact) mass is 290 g/mol. The highest BCUT2D eigenvalue weighted by Crippen LogP contribution is 2.35. The summed E-state index contributed by atoms with van der Waals surface area (Å²) in [5.74, 6) is 0.218. The molecule has 1 atom stereocenters. The summed E-state index contributed by atoms with van der Waals surface area (Å²) < 4.78 is 0. The summed E-state index contributed by atoms with van der Waals surface area (Å²) in [6.45, 7) is 3.26. The lowest BCUT2D eigenvalue weighted by atomic mass is 9.81. The first-order chi connectivity index (χ1) is 9.88. The van der Waals surface area contributed by atoms with E-state index < -0.39 is 11.2 Å². The molecule has 114 valence electrons. The summed E-state index contributed by atoms with van der Waals surface area (Å²) in [7, 11) is 0. The molecule has 2 heterocycles. The van der Waals surface area contributed by atoms with Gasteiger partial charge in [0.25, 0.3) is 0 Å². The van der Waals surface area contributed by atoms with Gasteiger partial charge in [0.1, 0.15) is 11.4 Å². The number of aromatic nitrogens is 1. The third-order valence-corrected chi connectivity index (χ3v) is 4.68. The van der Waals surface area contributed by atoms with Gasteiger partial charge in [0.2, 0.25) is 0 Å². The Morgan fingerprint density at radius 2 is 1.90 bits per heavy atom. The first kappa shape index (κ1) is 14.5. The van der Waals surface area contributed by atoms with Crippen LogP contribution in [0.3, 0.4) is 0 Å². The van der Waals surface area contributed by atoms with Crippen molar-refractivity contribution < 1.29 is 15.0 Å². The maximum absolute atomic E-state index is 11.3. The topological polar surface area (TPSA) is 73.7 Å². The highest BCUT2D eigenvalue weighted by Gasteiger charge is 2.36. The molecule has 2 aliphatic rings. The molecule has 1 aliphatic heterocycles. The van der Waals surface area contributed by atoms with E-state index in [1.54, 1.807) is 6.20 Å². The highest BCUT2D eigenvalue weighted by molar-refractivity contribution is 5.79. The second-order valence-corrected chi connectivity index (χ2v) is 6.64. The molecule has 0 bridgehead atoms. The predicted octanol–water partition coefficient (Wildman–Crippen LogP) is 1.37. The van der Waals surface area contributed by atoms with Crippen molar-refractivity contribution in [3.05, 3.63) is 24.0 Å². The Labute approximate surface area is 124 Å². The Balaban J connectivity index is 1.74. The van der Waals surface area contributed by atoms with Crippen LogP contribution in [0.4, 0.5) is 5.69 Å². The molecule has 2 fully saturated rings. The molecule has 1 saturated carbocycles. The Morgan fingerprint density at radius 1 is 1.19 bits per heavy atom. The minimum absolute atomic E-state index is 0.218. The fourth-order valence-corrected chi connectivity index (χ4v) is 3.21. The zero-order valence-corrected chi connectivity index (χ0v) is 12.4. The van der Waals surface area contributed by atoms with Crippen molar-refractivity contribution in [1.82, 2.24) is 4.98 Å². The van der Waals surface area contributed by atoms with Crippen LogP contribution in [0.15, 0.2) is 18.3 Å². The Kier molecular flexibility index (Phi) is 3.50. The van der Waals surface area contributed by atoms with E-state index >= 15 is 0 Å². The lowest BCUT2D eigenvalue weighted by molar-refractivity contribution is -0.125. The van der Waals surface area contributed by atoms with E-state index in [0.717, 1.165) is 18.7 Å². The van der Waals surface area contributed by atoms with Crippen molar-refractivity contribution in [2.24, 2.45) is 0 Å². The van der Waals surface area contributed by atoms with Crippen LogP contribution in [0, 0.1) is 0 Å². The van der Waals surface area contributed by atoms with Gasteiger partial charge in [-0.15, -0.1) is 0 Å². The number of Topliss-reactive ketones (excluding diaryl/α,β-unsaturated/α-hetero) is 1. The number of rotatable bonds is 2. The molecule has 2 N–H and O–H groups in total. The molecule has 5 heteroatoms. The number of aliphatic hydroxyl groups is 2. The molecule has 1 aromatic rings. The summed E-state index contributed by atoms with van der Waals surface area (Å²) in [4.78, 5) is 17.8. The maximum atomic E-state index is 11.3. The van der Waals surface area contributed by atoms with Crippen LogP contribution < -0.4 is 4.90 Å². The number of pyridine rings is 1. The molecular weight excluding hydrogens is 268 g/mol. The standard InChI is InChI=1S/C16H22N2O3/c1-15(20)8-9-18(11-15)12-2-3-14(17-10-12)16(21)6-4-13(19)5-7-16/h2-3,10,20-21H,4-9,11H2,1H3. The van der Waals surface area contributed by atoms with Gasteiger partial charge < -0.3 is 15.1 Å². The van der Waals surface area contributed by atoms with Crippen molar-refractivity contribution in [3.63, 3.8) is 0 Å². The summed E-state index contributed by atoms with van der Waals surface area (Å²) in [5.41, 5.74) is 0.000479. The molecule has 0 spiro atoms. The van der Waals surface area contributed by atoms with Crippen LogP contribution in [0.1, 0.15) is 44.7 Å². The maximum Gasteiger partial charge on any atom is 0.133 e. The second kappa shape index (κ2) is 5.07. The van der Waals surface area contributed by atoms with Gasteiger partial charge in [-0.25, -0.2) is 0 Å². The van der Waals surface area contributed by atoms with Crippen molar-refractivity contribution in [2.75, 3.05) is 18.0 Å². The van der Waals surface area contributed by atoms with Crippen molar-refractivity contribution in [3.8, 4) is 0 Å². The normalized spacial score (nSPS) is 28.9. The lowest BCUT2D eigenvalue weighted by Gasteiger charge is -2.31. The quantitative estimate of drug-likeness (QED) is 0.860. The SMILES string of the molecule is CC1(O)CCN(c2ccc(C3(O)CCC(=O)CC3)nc2)C1. The predicted molar refractivity (Wildman–Crippen MR) is 79.1 cm³/mol. The molecule has 21 heavy (non-hydrogen) atoms. The molecule has 0 radical (unpaired) electrons. The fraction of sp³-hybridized carbons (Fsp3) is 0.625. The Hall–Kier alpha value is -1.46. The third-order valence-electron chi connectivity index (χ3n) is 4.68. The van der Waals surface area contributed by atoms with Crippen LogP contribution in [0.2, 0.25) is 0 Å². The smallest absolute Gasteiger partial charge is 0.133 e. The number of hydrogen-bond donors (Lipinski definition) is 2. The zero-order chi connectivity index (χ0) is 15.1. The molecule has 1 aromatic heterocycles.